The lowest BCUT2D eigenvalue weighted by molar-refractivity contribution is -0.135. The van der Waals surface area contributed by atoms with E-state index in [2.05, 4.69) is 4.98 Å². The zero-order chi connectivity index (χ0) is 21.1. The third-order valence-electron chi connectivity index (χ3n) is 4.69. The number of nitrogens with zero attached hydrogens (tertiary/aromatic N) is 4. The van der Waals surface area contributed by atoms with E-state index in [-0.39, 0.29) is 36.4 Å². The van der Waals surface area contributed by atoms with Crippen LogP contribution in [0, 0.1) is 41.2 Å². The summed E-state index contributed by atoms with van der Waals surface area (Å²) in [6, 6.07) is 5.43. The SMILES string of the molecule is Cc1sc(-c2cc(F)c(C[C@@H](C#N)N3CCO[C@H](C(N)=O)C3)c(F)c2)nc1C#N. The van der Waals surface area contributed by atoms with Crippen molar-refractivity contribution in [3.63, 3.8) is 0 Å². The lowest BCUT2D eigenvalue weighted by Gasteiger charge is -2.34. The smallest absolute Gasteiger partial charge is 0.247 e. The molecule has 1 aromatic heterocycles. The molecule has 1 fully saturated rings. The number of carbonyl (C=O) groups excluding carboxylic acids is 1. The van der Waals surface area contributed by atoms with E-state index in [4.69, 9.17) is 15.7 Å². The largest absolute Gasteiger partial charge is 0.367 e. The Labute approximate surface area is 169 Å². The van der Waals surface area contributed by atoms with E-state index in [1.807, 2.05) is 12.1 Å². The van der Waals surface area contributed by atoms with E-state index < -0.39 is 29.7 Å². The molecule has 0 radical (unpaired) electrons. The third kappa shape index (κ3) is 4.40. The van der Waals surface area contributed by atoms with Gasteiger partial charge in [0.05, 0.1) is 12.7 Å². The first kappa shape index (κ1) is 20.8. The average Bonchev–Trinajstić information content (AvgIpc) is 3.08. The molecule has 29 heavy (non-hydrogen) atoms. The van der Waals surface area contributed by atoms with Gasteiger partial charge in [0, 0.05) is 35.5 Å². The van der Waals surface area contributed by atoms with Crippen molar-refractivity contribution in [2.75, 3.05) is 19.7 Å². The van der Waals surface area contributed by atoms with Crippen molar-refractivity contribution in [1.29, 1.82) is 10.5 Å². The number of rotatable bonds is 5. The second kappa shape index (κ2) is 8.62. The molecule has 1 aromatic carbocycles. The molecule has 1 aliphatic heterocycles. The Morgan fingerprint density at radius 3 is 2.69 bits per heavy atom. The number of nitriles is 2. The van der Waals surface area contributed by atoms with Crippen LogP contribution in [0.4, 0.5) is 8.78 Å². The maximum absolute atomic E-state index is 14.7. The number of aromatic nitrogens is 1. The van der Waals surface area contributed by atoms with Crippen LogP contribution in [0.25, 0.3) is 10.6 Å². The lowest BCUT2D eigenvalue weighted by atomic mass is 10.0. The van der Waals surface area contributed by atoms with Gasteiger partial charge in [-0.3, -0.25) is 9.69 Å². The number of primary amides is 1. The fraction of sp³-hybridized carbons (Fsp3) is 0.368. The first-order valence-corrected chi connectivity index (χ1v) is 9.56. The number of amides is 1. The molecular weight excluding hydrogens is 400 g/mol. The number of morpholine rings is 1. The first-order valence-electron chi connectivity index (χ1n) is 8.74. The predicted octanol–water partition coefficient (Wildman–Crippen LogP) is 1.89. The fourth-order valence-electron chi connectivity index (χ4n) is 3.12. The van der Waals surface area contributed by atoms with Crippen molar-refractivity contribution in [2.24, 2.45) is 5.73 Å². The number of aryl methyl sites for hydroxylation is 1. The Balaban J connectivity index is 1.84. The summed E-state index contributed by atoms with van der Waals surface area (Å²) in [5, 5.41) is 18.9. The normalized spacial score (nSPS) is 18.0. The van der Waals surface area contributed by atoms with Crippen LogP contribution in [0.3, 0.4) is 0 Å². The minimum atomic E-state index is -0.862. The van der Waals surface area contributed by atoms with Crippen LogP contribution in [-0.2, 0) is 16.0 Å². The van der Waals surface area contributed by atoms with Crippen LogP contribution >= 0.6 is 11.3 Å². The van der Waals surface area contributed by atoms with Gasteiger partial charge in [-0.05, 0) is 19.1 Å². The number of hydrogen-bond donors (Lipinski definition) is 1. The van der Waals surface area contributed by atoms with Crippen molar-refractivity contribution in [1.82, 2.24) is 9.88 Å². The Hall–Kier alpha value is -2.92. The number of halogens is 2. The van der Waals surface area contributed by atoms with E-state index >= 15 is 0 Å². The van der Waals surface area contributed by atoms with Gasteiger partial charge in [-0.15, -0.1) is 11.3 Å². The summed E-state index contributed by atoms with van der Waals surface area (Å²) in [6.45, 7) is 2.34. The minimum Gasteiger partial charge on any atom is -0.367 e. The first-order chi connectivity index (χ1) is 13.8. The molecule has 0 saturated carbocycles. The molecule has 0 unspecified atom stereocenters. The van der Waals surface area contributed by atoms with E-state index in [0.717, 1.165) is 12.1 Å². The summed E-state index contributed by atoms with van der Waals surface area (Å²) in [7, 11) is 0. The van der Waals surface area contributed by atoms with Crippen molar-refractivity contribution >= 4 is 17.2 Å². The number of carbonyl (C=O) groups is 1. The topological polar surface area (TPSA) is 116 Å². The van der Waals surface area contributed by atoms with E-state index in [9.17, 15) is 18.8 Å². The van der Waals surface area contributed by atoms with Gasteiger partial charge in [0.1, 0.15) is 34.9 Å². The summed E-state index contributed by atoms with van der Waals surface area (Å²) in [4.78, 5) is 17.7. The van der Waals surface area contributed by atoms with Crippen molar-refractivity contribution in [2.45, 2.75) is 25.5 Å². The van der Waals surface area contributed by atoms with Gasteiger partial charge in [0.2, 0.25) is 5.91 Å². The van der Waals surface area contributed by atoms with Crippen LogP contribution in [0.5, 0.6) is 0 Å². The summed E-state index contributed by atoms with van der Waals surface area (Å²) < 4.78 is 34.6. The molecule has 10 heteroatoms. The highest BCUT2D eigenvalue weighted by Gasteiger charge is 2.30. The number of ether oxygens (including phenoxy) is 1. The van der Waals surface area contributed by atoms with Gasteiger partial charge in [-0.1, -0.05) is 0 Å². The van der Waals surface area contributed by atoms with Gasteiger partial charge in [-0.2, -0.15) is 10.5 Å². The molecule has 2 atom stereocenters. The van der Waals surface area contributed by atoms with Crippen molar-refractivity contribution < 1.29 is 18.3 Å². The number of thiazole rings is 1. The molecule has 0 spiro atoms. The molecular formula is C19H17F2N5O2S. The maximum Gasteiger partial charge on any atom is 0.247 e. The molecule has 1 saturated heterocycles. The van der Waals surface area contributed by atoms with E-state index in [1.165, 1.54) is 11.3 Å². The molecule has 1 amide bonds. The third-order valence-corrected chi connectivity index (χ3v) is 5.71. The van der Waals surface area contributed by atoms with Gasteiger partial charge in [0.15, 0.2) is 5.69 Å². The quantitative estimate of drug-likeness (QED) is 0.794. The van der Waals surface area contributed by atoms with Gasteiger partial charge in [-0.25, -0.2) is 13.8 Å². The van der Waals surface area contributed by atoms with Crippen molar-refractivity contribution in [3.8, 4) is 22.7 Å². The summed E-state index contributed by atoms with van der Waals surface area (Å²) >= 11 is 1.17. The Kier molecular flexibility index (Phi) is 6.18. The molecule has 0 bridgehead atoms. The molecule has 1 aliphatic rings. The van der Waals surface area contributed by atoms with Gasteiger partial charge < -0.3 is 10.5 Å². The van der Waals surface area contributed by atoms with Crippen LogP contribution < -0.4 is 5.73 Å². The molecule has 2 N–H and O–H groups in total. The highest BCUT2D eigenvalue weighted by atomic mass is 32.1. The Bertz CT molecular complexity index is 1000. The van der Waals surface area contributed by atoms with Crippen LogP contribution in [-0.4, -0.2) is 47.6 Å². The van der Waals surface area contributed by atoms with Crippen LogP contribution in [0.15, 0.2) is 12.1 Å². The maximum atomic E-state index is 14.7. The number of nitrogens with two attached hydrogens (primary N) is 1. The van der Waals surface area contributed by atoms with E-state index in [1.54, 1.807) is 11.8 Å². The monoisotopic (exact) mass is 417 g/mol. The minimum absolute atomic E-state index is 0.0875. The average molecular weight is 417 g/mol. The molecule has 150 valence electrons. The highest BCUT2D eigenvalue weighted by molar-refractivity contribution is 7.15. The summed E-state index contributed by atoms with van der Waals surface area (Å²) in [6.07, 6.45) is -1.06. The summed E-state index contributed by atoms with van der Waals surface area (Å²) in [5.74, 6) is -2.25. The van der Waals surface area contributed by atoms with Gasteiger partial charge >= 0.3 is 0 Å². The zero-order valence-corrected chi connectivity index (χ0v) is 16.3. The lowest BCUT2D eigenvalue weighted by Crippen LogP contribution is -2.52. The standard InChI is InChI=1S/C19H17F2N5O2S/c1-10-16(8-23)25-19(29-10)11-4-14(20)13(15(21)5-11)6-12(7-22)26-2-3-28-17(9-26)18(24)27/h4-5,12,17H,2-3,6,9H2,1H3,(H2,24,27)/t12-,17-/m0/s1. The van der Waals surface area contributed by atoms with Crippen LogP contribution in [0.2, 0.25) is 0 Å². The highest BCUT2D eigenvalue weighted by Crippen LogP contribution is 2.30. The van der Waals surface area contributed by atoms with Crippen LogP contribution in [0.1, 0.15) is 16.1 Å². The van der Waals surface area contributed by atoms with Crippen molar-refractivity contribution in [3.05, 3.63) is 39.9 Å². The van der Waals surface area contributed by atoms with E-state index in [0.29, 0.717) is 16.4 Å². The van der Waals surface area contributed by atoms with Gasteiger partial charge in [0.25, 0.3) is 0 Å². The predicted molar refractivity (Wildman–Crippen MR) is 101 cm³/mol. The zero-order valence-electron chi connectivity index (χ0n) is 15.5. The summed E-state index contributed by atoms with van der Waals surface area (Å²) in [5.41, 5.74) is 5.47. The Morgan fingerprint density at radius 1 is 1.45 bits per heavy atom. The molecule has 7 nitrogen and oxygen atoms in total. The number of benzene rings is 1. The molecule has 0 aliphatic carbocycles. The fourth-order valence-corrected chi connectivity index (χ4v) is 3.97. The second-order valence-corrected chi connectivity index (χ2v) is 7.76. The second-order valence-electron chi connectivity index (χ2n) is 6.56. The molecule has 3 rings (SSSR count). The molecule has 2 heterocycles. The number of hydrogen-bond acceptors (Lipinski definition) is 7. The molecule has 2 aromatic rings. The Morgan fingerprint density at radius 2 is 2.14 bits per heavy atom.